The molecule has 0 bridgehead atoms. The quantitative estimate of drug-likeness (QED) is 0.504. The van der Waals surface area contributed by atoms with Crippen molar-refractivity contribution in [2.75, 3.05) is 26.4 Å². The van der Waals surface area contributed by atoms with Crippen LogP contribution in [-0.2, 0) is 20.7 Å². The number of hydrogen-bond acceptors (Lipinski definition) is 5. The van der Waals surface area contributed by atoms with Gasteiger partial charge in [-0.05, 0) is 24.8 Å². The van der Waals surface area contributed by atoms with E-state index in [1.807, 2.05) is 30.3 Å². The van der Waals surface area contributed by atoms with Crippen LogP contribution in [-0.4, -0.2) is 65.7 Å². The fourth-order valence-electron chi connectivity index (χ4n) is 2.92. The summed E-state index contributed by atoms with van der Waals surface area (Å²) in [5, 5.41) is 18.8. The van der Waals surface area contributed by atoms with Gasteiger partial charge in [0.25, 0.3) is 0 Å². The lowest BCUT2D eigenvalue weighted by Gasteiger charge is -2.34. The molecule has 2 N–H and O–H groups in total. The Morgan fingerprint density at radius 2 is 2.11 bits per heavy atom. The number of aliphatic carboxylic acids is 1. The van der Waals surface area contributed by atoms with Gasteiger partial charge in [0.05, 0.1) is 19.3 Å². The Balaban J connectivity index is 1.79. The number of hydrogen-bond donors (Lipinski definition) is 2. The van der Waals surface area contributed by atoms with E-state index < -0.39 is 24.8 Å². The van der Waals surface area contributed by atoms with Crippen molar-refractivity contribution in [3.8, 4) is 11.8 Å². The Hall–Kier alpha value is -2.56. The van der Waals surface area contributed by atoms with E-state index >= 15 is 0 Å². The van der Waals surface area contributed by atoms with Gasteiger partial charge in [-0.2, -0.15) is 0 Å². The number of amides is 1. The molecule has 0 aliphatic carbocycles. The molecule has 1 aliphatic rings. The Kier molecular flexibility index (Phi) is 8.62. The SMILES string of the molecule is O=C(O)COCC#CCN1C(=O)OCC[C@@H]1CCC(O)Cc1ccccc1. The van der Waals surface area contributed by atoms with Crippen LogP contribution in [0.5, 0.6) is 0 Å². The molecule has 1 aliphatic heterocycles. The molecule has 0 spiro atoms. The zero-order valence-electron chi connectivity index (χ0n) is 15.2. The minimum absolute atomic E-state index is 0.00432. The minimum atomic E-state index is -1.05. The highest BCUT2D eigenvalue weighted by atomic mass is 16.6. The molecule has 0 radical (unpaired) electrons. The Labute approximate surface area is 158 Å². The van der Waals surface area contributed by atoms with Gasteiger partial charge in [-0.15, -0.1) is 0 Å². The number of aliphatic hydroxyl groups excluding tert-OH is 1. The minimum Gasteiger partial charge on any atom is -0.480 e. The number of ether oxygens (including phenoxy) is 2. The normalized spacial score (nSPS) is 17.6. The molecule has 1 saturated heterocycles. The van der Waals surface area contributed by atoms with Gasteiger partial charge < -0.3 is 19.7 Å². The zero-order chi connectivity index (χ0) is 19.5. The smallest absolute Gasteiger partial charge is 0.410 e. The Morgan fingerprint density at radius 3 is 2.85 bits per heavy atom. The average molecular weight is 375 g/mol. The van der Waals surface area contributed by atoms with Gasteiger partial charge in [-0.3, -0.25) is 4.90 Å². The van der Waals surface area contributed by atoms with Gasteiger partial charge in [-0.25, -0.2) is 9.59 Å². The van der Waals surface area contributed by atoms with E-state index in [-0.39, 0.29) is 19.2 Å². The lowest BCUT2D eigenvalue weighted by atomic mass is 9.99. The van der Waals surface area contributed by atoms with Crippen LogP contribution in [0, 0.1) is 11.8 Å². The van der Waals surface area contributed by atoms with Gasteiger partial charge in [0.15, 0.2) is 0 Å². The summed E-state index contributed by atoms with van der Waals surface area (Å²) >= 11 is 0. The van der Waals surface area contributed by atoms with Gasteiger partial charge in [0.1, 0.15) is 13.2 Å². The molecule has 0 saturated carbocycles. The molecule has 146 valence electrons. The number of carbonyl (C=O) groups is 2. The summed E-state index contributed by atoms with van der Waals surface area (Å²) in [6, 6.07) is 9.76. The standard InChI is InChI=1S/C20H25NO6/c22-18(14-16-6-2-1-3-7-16)9-8-17-10-13-27-20(25)21(17)11-4-5-12-26-15-19(23)24/h1-3,6-7,17-18,22H,8-15H2,(H,23,24)/t17-,18?/m0/s1. The van der Waals surface area contributed by atoms with Gasteiger partial charge in [0.2, 0.25) is 0 Å². The molecule has 7 heteroatoms. The molecule has 1 aromatic rings. The van der Waals surface area contributed by atoms with Crippen LogP contribution in [0.3, 0.4) is 0 Å². The second-order valence-electron chi connectivity index (χ2n) is 6.35. The first-order valence-corrected chi connectivity index (χ1v) is 8.97. The number of rotatable bonds is 9. The monoisotopic (exact) mass is 375 g/mol. The molecular weight excluding hydrogens is 350 g/mol. The van der Waals surface area contributed by atoms with Crippen molar-refractivity contribution in [3.05, 3.63) is 35.9 Å². The van der Waals surface area contributed by atoms with Crippen molar-refractivity contribution in [1.82, 2.24) is 4.90 Å². The molecule has 1 unspecified atom stereocenters. The number of aliphatic hydroxyl groups is 1. The van der Waals surface area contributed by atoms with Crippen molar-refractivity contribution in [1.29, 1.82) is 0 Å². The van der Waals surface area contributed by atoms with Crippen molar-refractivity contribution in [3.63, 3.8) is 0 Å². The van der Waals surface area contributed by atoms with E-state index in [0.717, 1.165) is 5.56 Å². The van der Waals surface area contributed by atoms with Crippen LogP contribution < -0.4 is 0 Å². The van der Waals surface area contributed by atoms with Gasteiger partial charge >= 0.3 is 12.1 Å². The summed E-state index contributed by atoms with van der Waals surface area (Å²) in [4.78, 5) is 23.9. The largest absolute Gasteiger partial charge is 0.480 e. The van der Waals surface area contributed by atoms with Crippen molar-refractivity contribution in [2.45, 2.75) is 37.8 Å². The van der Waals surface area contributed by atoms with E-state index in [0.29, 0.717) is 32.3 Å². The predicted molar refractivity (Wildman–Crippen MR) is 98.1 cm³/mol. The molecule has 0 aromatic heterocycles. The first-order chi connectivity index (χ1) is 13.1. The van der Waals surface area contributed by atoms with Crippen LogP contribution in [0.1, 0.15) is 24.8 Å². The number of carboxylic acids is 1. The lowest BCUT2D eigenvalue weighted by Crippen LogP contribution is -2.46. The van der Waals surface area contributed by atoms with Crippen LogP contribution in [0.15, 0.2) is 30.3 Å². The highest BCUT2D eigenvalue weighted by molar-refractivity contribution is 5.69. The first kappa shape index (κ1) is 20.7. The third-order valence-electron chi connectivity index (χ3n) is 4.27. The van der Waals surface area contributed by atoms with E-state index in [1.165, 1.54) is 0 Å². The summed E-state index contributed by atoms with van der Waals surface area (Å²) < 4.78 is 9.91. The topological polar surface area (TPSA) is 96.3 Å². The summed E-state index contributed by atoms with van der Waals surface area (Å²) in [7, 11) is 0. The van der Waals surface area contributed by atoms with Crippen LogP contribution >= 0.6 is 0 Å². The number of benzene rings is 1. The highest BCUT2D eigenvalue weighted by Crippen LogP contribution is 2.19. The number of carboxylic acid groups (broad SMARTS) is 1. The Morgan fingerprint density at radius 1 is 1.33 bits per heavy atom. The first-order valence-electron chi connectivity index (χ1n) is 8.97. The Bertz CT molecular complexity index is 666. The highest BCUT2D eigenvalue weighted by Gasteiger charge is 2.29. The molecule has 1 heterocycles. The molecular formula is C20H25NO6. The maximum Gasteiger partial charge on any atom is 0.410 e. The third-order valence-corrected chi connectivity index (χ3v) is 4.27. The summed E-state index contributed by atoms with van der Waals surface area (Å²) in [5.41, 5.74) is 1.08. The molecule has 1 aromatic carbocycles. The van der Waals surface area contributed by atoms with Crippen LogP contribution in [0.2, 0.25) is 0 Å². The third kappa shape index (κ3) is 7.69. The maximum absolute atomic E-state index is 12.0. The second kappa shape index (κ2) is 11.2. The van der Waals surface area contributed by atoms with Crippen molar-refractivity contribution >= 4 is 12.1 Å². The fraction of sp³-hybridized carbons (Fsp3) is 0.500. The van der Waals surface area contributed by atoms with E-state index in [9.17, 15) is 14.7 Å². The van der Waals surface area contributed by atoms with E-state index in [4.69, 9.17) is 14.6 Å². The van der Waals surface area contributed by atoms with Crippen molar-refractivity contribution < 1.29 is 29.3 Å². The molecule has 7 nitrogen and oxygen atoms in total. The van der Waals surface area contributed by atoms with Gasteiger partial charge in [0, 0.05) is 12.5 Å². The summed E-state index contributed by atoms with van der Waals surface area (Å²) in [5.74, 6) is 4.45. The molecule has 2 rings (SSSR count). The molecule has 1 amide bonds. The molecule has 1 fully saturated rings. The zero-order valence-corrected chi connectivity index (χ0v) is 15.2. The van der Waals surface area contributed by atoms with Crippen LogP contribution in [0.4, 0.5) is 4.79 Å². The van der Waals surface area contributed by atoms with Crippen LogP contribution in [0.25, 0.3) is 0 Å². The van der Waals surface area contributed by atoms with Crippen molar-refractivity contribution in [2.24, 2.45) is 0 Å². The fourth-order valence-corrected chi connectivity index (χ4v) is 2.92. The van der Waals surface area contributed by atoms with E-state index in [1.54, 1.807) is 4.90 Å². The maximum atomic E-state index is 12.0. The predicted octanol–water partition coefficient (Wildman–Crippen LogP) is 1.69. The molecule has 2 atom stereocenters. The summed E-state index contributed by atoms with van der Waals surface area (Å²) in [6.45, 7) is 0.149. The molecule has 27 heavy (non-hydrogen) atoms. The number of cyclic esters (lactones) is 1. The second-order valence-corrected chi connectivity index (χ2v) is 6.35. The van der Waals surface area contributed by atoms with E-state index in [2.05, 4.69) is 11.8 Å². The van der Waals surface area contributed by atoms with Gasteiger partial charge in [-0.1, -0.05) is 42.2 Å². The average Bonchev–Trinajstić information content (AvgIpc) is 2.65. The number of carbonyl (C=O) groups excluding carboxylic acids is 1. The lowest BCUT2D eigenvalue weighted by molar-refractivity contribution is -0.141. The summed E-state index contributed by atoms with van der Waals surface area (Å²) in [6.07, 6.45) is 1.64. The number of nitrogens with zero attached hydrogens (tertiary/aromatic N) is 1.